The lowest BCUT2D eigenvalue weighted by atomic mass is 9.93. The minimum atomic E-state index is -0.906. The van der Waals surface area contributed by atoms with Gasteiger partial charge >= 0.3 is 11.9 Å². The summed E-state index contributed by atoms with van der Waals surface area (Å²) in [6.45, 7) is 5.33. The Hall–Kier alpha value is -4.64. The number of methoxy groups -OCH3 is 1. The van der Waals surface area contributed by atoms with E-state index in [1.807, 2.05) is 36.4 Å². The molecular weight excluding hydrogens is 770 g/mol. The highest BCUT2D eigenvalue weighted by Gasteiger charge is 2.27. The van der Waals surface area contributed by atoms with Crippen LogP contribution in [-0.4, -0.2) is 53.6 Å². The lowest BCUT2D eigenvalue weighted by Gasteiger charge is -2.33. The number of hydrogen-bond acceptors (Lipinski definition) is 8. The van der Waals surface area contributed by atoms with Crippen LogP contribution in [0.25, 0.3) is 10.9 Å². The molecular formula is C43H45BrClN3O6. The smallest absolute Gasteiger partial charge is 0.340 e. The van der Waals surface area contributed by atoms with E-state index in [0.29, 0.717) is 61.1 Å². The molecule has 9 nitrogen and oxygen atoms in total. The van der Waals surface area contributed by atoms with E-state index in [0.717, 1.165) is 12.1 Å². The molecule has 282 valence electrons. The Labute approximate surface area is 329 Å². The summed E-state index contributed by atoms with van der Waals surface area (Å²) in [5.41, 5.74) is 10.8. The number of fused-ring (bicyclic) bond motifs is 1. The molecule has 0 saturated heterocycles. The highest BCUT2D eigenvalue weighted by Crippen LogP contribution is 2.33. The standard InChI is InChI=1S/C43H45BrClN3O6/c1-4-47(32-13-9-6-10-14-32)25-28-21-36(41(46)37(44)22-28)43(51)53-26-39(29-11-7-5-8-12-29)54-40(49)24-34-27(2)48(38-20-19-33(52-3)23-35(34)38)42(50)30-15-17-31(45)18-16-30/h5,7-8,11-12,15-23,32,39H,4,6,9-10,13-14,24-26,46H2,1-3H3. The first-order chi connectivity index (χ1) is 26.1. The number of aromatic nitrogens is 1. The van der Waals surface area contributed by atoms with Crippen LogP contribution < -0.4 is 10.5 Å². The highest BCUT2D eigenvalue weighted by molar-refractivity contribution is 9.10. The molecule has 1 saturated carbocycles. The lowest BCUT2D eigenvalue weighted by molar-refractivity contribution is -0.150. The van der Waals surface area contributed by atoms with Crippen molar-refractivity contribution in [2.24, 2.45) is 0 Å². The second-order valence-corrected chi connectivity index (χ2v) is 14.9. The number of esters is 2. The van der Waals surface area contributed by atoms with Gasteiger partial charge in [-0.3, -0.25) is 19.1 Å². The van der Waals surface area contributed by atoms with Crippen molar-refractivity contribution in [1.82, 2.24) is 9.47 Å². The number of benzene rings is 4. The van der Waals surface area contributed by atoms with E-state index in [9.17, 15) is 14.4 Å². The summed E-state index contributed by atoms with van der Waals surface area (Å²) in [5.74, 6) is -0.858. The first kappa shape index (κ1) is 39.1. The van der Waals surface area contributed by atoms with Crippen LogP contribution in [0.15, 0.2) is 89.4 Å². The molecule has 1 fully saturated rings. The molecule has 0 spiro atoms. The van der Waals surface area contributed by atoms with E-state index in [1.165, 1.54) is 32.1 Å². The van der Waals surface area contributed by atoms with Crippen molar-refractivity contribution >= 4 is 62.0 Å². The molecule has 0 aliphatic heterocycles. The Morgan fingerprint density at radius 1 is 0.981 bits per heavy atom. The van der Waals surface area contributed by atoms with Crippen LogP contribution in [-0.2, 0) is 27.2 Å². The van der Waals surface area contributed by atoms with Crippen molar-refractivity contribution in [3.8, 4) is 5.75 Å². The van der Waals surface area contributed by atoms with Gasteiger partial charge in [0, 0.05) is 38.7 Å². The number of carbonyl (C=O) groups is 3. The van der Waals surface area contributed by atoms with Crippen LogP contribution in [0, 0.1) is 6.92 Å². The fraction of sp³-hybridized carbons (Fsp3) is 0.326. The zero-order valence-electron chi connectivity index (χ0n) is 30.8. The molecule has 1 aromatic heterocycles. The first-order valence-electron chi connectivity index (χ1n) is 18.3. The lowest BCUT2D eigenvalue weighted by Crippen LogP contribution is -2.36. The van der Waals surface area contributed by atoms with Gasteiger partial charge < -0.3 is 19.9 Å². The number of halogens is 2. The van der Waals surface area contributed by atoms with Gasteiger partial charge in [0.2, 0.25) is 0 Å². The van der Waals surface area contributed by atoms with Crippen LogP contribution >= 0.6 is 27.5 Å². The normalized spacial score (nSPS) is 13.9. The SMILES string of the molecule is CCN(Cc1cc(Br)c(N)c(C(=O)OCC(OC(=O)Cc2c(C)n(C(=O)c3ccc(Cl)cc3)c3ccc(OC)cc23)c2ccccc2)c1)C1CCCCC1. The number of rotatable bonds is 13. The quantitative estimate of drug-likeness (QED) is 0.0925. The maximum absolute atomic E-state index is 13.8. The number of anilines is 1. The van der Waals surface area contributed by atoms with Crippen LogP contribution in [0.1, 0.15) is 88.2 Å². The van der Waals surface area contributed by atoms with Gasteiger partial charge in [-0.1, -0.05) is 68.1 Å². The second-order valence-electron chi connectivity index (χ2n) is 13.7. The molecule has 6 rings (SSSR count). The monoisotopic (exact) mass is 813 g/mol. The molecule has 1 heterocycles. The molecule has 1 atom stereocenters. The average molecular weight is 815 g/mol. The summed E-state index contributed by atoms with van der Waals surface area (Å²) in [5, 5.41) is 1.20. The third kappa shape index (κ3) is 8.83. The number of carbonyl (C=O) groups excluding carboxylic acids is 3. The average Bonchev–Trinajstić information content (AvgIpc) is 3.46. The predicted octanol–water partition coefficient (Wildman–Crippen LogP) is 9.48. The summed E-state index contributed by atoms with van der Waals surface area (Å²) in [7, 11) is 1.56. The Morgan fingerprint density at radius 2 is 1.70 bits per heavy atom. The van der Waals surface area contributed by atoms with Crippen molar-refractivity contribution in [2.75, 3.05) is 26.0 Å². The van der Waals surface area contributed by atoms with Crippen LogP contribution in [0.5, 0.6) is 5.75 Å². The van der Waals surface area contributed by atoms with Gasteiger partial charge in [-0.15, -0.1) is 0 Å². The van der Waals surface area contributed by atoms with E-state index in [4.69, 9.17) is 31.5 Å². The Bertz CT molecular complexity index is 2130. The van der Waals surface area contributed by atoms with Crippen LogP contribution in [0.2, 0.25) is 5.02 Å². The van der Waals surface area contributed by atoms with Gasteiger partial charge in [0.15, 0.2) is 6.10 Å². The van der Waals surface area contributed by atoms with Crippen molar-refractivity contribution in [3.63, 3.8) is 0 Å². The molecule has 4 aromatic carbocycles. The van der Waals surface area contributed by atoms with E-state index in [1.54, 1.807) is 67.1 Å². The maximum Gasteiger partial charge on any atom is 0.340 e. The molecule has 1 aliphatic rings. The van der Waals surface area contributed by atoms with Crippen molar-refractivity contribution in [2.45, 2.75) is 71.1 Å². The van der Waals surface area contributed by atoms with Gasteiger partial charge in [0.25, 0.3) is 5.91 Å². The van der Waals surface area contributed by atoms with Gasteiger partial charge in [-0.25, -0.2) is 4.79 Å². The summed E-state index contributed by atoms with van der Waals surface area (Å²) in [6.07, 6.45) is 5.05. The molecule has 0 radical (unpaired) electrons. The largest absolute Gasteiger partial charge is 0.497 e. The highest BCUT2D eigenvalue weighted by atomic mass is 79.9. The number of hydrogen-bond donors (Lipinski definition) is 1. The molecule has 1 aliphatic carbocycles. The van der Waals surface area contributed by atoms with Crippen LogP contribution in [0.3, 0.4) is 0 Å². The predicted molar refractivity (Wildman–Crippen MR) is 215 cm³/mol. The van der Waals surface area contributed by atoms with E-state index in [2.05, 4.69) is 27.8 Å². The number of ether oxygens (including phenoxy) is 3. The molecule has 54 heavy (non-hydrogen) atoms. The minimum Gasteiger partial charge on any atom is -0.497 e. The molecule has 0 bridgehead atoms. The van der Waals surface area contributed by atoms with Gasteiger partial charge in [-0.05, 0) is 114 Å². The number of nitrogen functional groups attached to an aromatic ring is 1. The maximum atomic E-state index is 13.8. The fourth-order valence-electron chi connectivity index (χ4n) is 7.35. The van der Waals surface area contributed by atoms with Crippen molar-refractivity contribution in [1.29, 1.82) is 0 Å². The zero-order chi connectivity index (χ0) is 38.4. The molecule has 5 aromatic rings. The molecule has 1 unspecified atom stereocenters. The van der Waals surface area contributed by atoms with Gasteiger partial charge in [0.1, 0.15) is 12.4 Å². The molecule has 2 N–H and O–H groups in total. The summed E-state index contributed by atoms with van der Waals surface area (Å²) in [4.78, 5) is 43.7. The minimum absolute atomic E-state index is 0.148. The number of nitrogens with zero attached hydrogens (tertiary/aromatic N) is 2. The van der Waals surface area contributed by atoms with E-state index in [-0.39, 0.29) is 30.2 Å². The third-order valence-corrected chi connectivity index (χ3v) is 11.2. The Balaban J connectivity index is 1.22. The van der Waals surface area contributed by atoms with E-state index >= 15 is 0 Å². The van der Waals surface area contributed by atoms with Crippen molar-refractivity contribution in [3.05, 3.63) is 128 Å². The van der Waals surface area contributed by atoms with Crippen molar-refractivity contribution < 1.29 is 28.6 Å². The Kier molecular flexibility index (Phi) is 12.8. The molecule has 0 amide bonds. The molecule has 11 heteroatoms. The van der Waals surface area contributed by atoms with E-state index < -0.39 is 18.0 Å². The zero-order valence-corrected chi connectivity index (χ0v) is 33.1. The summed E-state index contributed by atoms with van der Waals surface area (Å²) < 4.78 is 19.6. The first-order valence-corrected chi connectivity index (χ1v) is 19.5. The second kappa shape index (κ2) is 17.7. The number of nitrogens with two attached hydrogens (primary N) is 1. The summed E-state index contributed by atoms with van der Waals surface area (Å²) in [6, 6.07) is 25.4. The van der Waals surface area contributed by atoms with Crippen LogP contribution in [0.4, 0.5) is 5.69 Å². The Morgan fingerprint density at radius 3 is 2.39 bits per heavy atom. The van der Waals surface area contributed by atoms with Gasteiger partial charge in [0.05, 0.1) is 30.3 Å². The van der Waals surface area contributed by atoms with Gasteiger partial charge in [-0.2, -0.15) is 0 Å². The topological polar surface area (TPSA) is 113 Å². The third-order valence-electron chi connectivity index (χ3n) is 10.3. The fourth-order valence-corrected chi connectivity index (χ4v) is 7.98. The summed E-state index contributed by atoms with van der Waals surface area (Å²) >= 11 is 9.64.